The monoisotopic (exact) mass is 332 g/mol. The van der Waals surface area contributed by atoms with Gasteiger partial charge < -0.3 is 14.2 Å². The van der Waals surface area contributed by atoms with Crippen molar-refractivity contribution in [3.8, 4) is 11.5 Å². The molecule has 5 heteroatoms. The molecule has 0 fully saturated rings. The van der Waals surface area contributed by atoms with Crippen molar-refractivity contribution in [1.82, 2.24) is 4.98 Å². The van der Waals surface area contributed by atoms with Crippen molar-refractivity contribution < 1.29 is 13.6 Å². The maximum atomic E-state index is 12.1. The Morgan fingerprint density at radius 2 is 1.96 bits per heavy atom. The van der Waals surface area contributed by atoms with E-state index in [0.29, 0.717) is 5.89 Å². The summed E-state index contributed by atoms with van der Waals surface area (Å²) in [5.74, 6) is 0.559. The molecule has 0 aliphatic carbocycles. The zero-order valence-electron chi connectivity index (χ0n) is 13.9. The highest BCUT2D eigenvalue weighted by Gasteiger charge is 2.13. The predicted molar refractivity (Wildman–Crippen MR) is 95.6 cm³/mol. The topological polar surface area (TPSA) is 68.3 Å². The number of hydrogen-bond donors (Lipinski definition) is 1. The van der Waals surface area contributed by atoms with E-state index < -0.39 is 0 Å². The Balaban J connectivity index is 1.63. The van der Waals surface area contributed by atoms with E-state index in [9.17, 15) is 4.79 Å². The number of nitrogens with one attached hydrogen (secondary N) is 1. The van der Waals surface area contributed by atoms with E-state index in [1.54, 1.807) is 12.1 Å². The van der Waals surface area contributed by atoms with Gasteiger partial charge in [-0.3, -0.25) is 4.79 Å². The van der Waals surface area contributed by atoms with Crippen molar-refractivity contribution in [3.63, 3.8) is 0 Å². The van der Waals surface area contributed by atoms with Crippen LogP contribution < -0.4 is 5.32 Å². The van der Waals surface area contributed by atoms with Crippen LogP contribution in [0.25, 0.3) is 22.6 Å². The maximum Gasteiger partial charge on any atom is 0.291 e. The highest BCUT2D eigenvalue weighted by molar-refractivity contribution is 6.02. The van der Waals surface area contributed by atoms with Crippen LogP contribution in [0, 0.1) is 13.8 Å². The number of carbonyl (C=O) groups excluding carboxylic acids is 1. The Morgan fingerprint density at radius 3 is 2.72 bits per heavy atom. The van der Waals surface area contributed by atoms with Gasteiger partial charge in [0.25, 0.3) is 5.91 Å². The number of rotatable bonds is 3. The number of hydrogen-bond acceptors (Lipinski definition) is 4. The fourth-order valence-electron chi connectivity index (χ4n) is 2.69. The molecular weight excluding hydrogens is 316 g/mol. The normalized spacial score (nSPS) is 11.0. The van der Waals surface area contributed by atoms with E-state index in [4.69, 9.17) is 8.83 Å². The van der Waals surface area contributed by atoms with Crippen LogP contribution in [0.15, 0.2) is 63.6 Å². The lowest BCUT2D eigenvalue weighted by molar-refractivity contribution is 0.0996. The first-order chi connectivity index (χ1) is 12.1. The lowest BCUT2D eigenvalue weighted by Gasteiger charge is -2.08. The van der Waals surface area contributed by atoms with Gasteiger partial charge in [0.15, 0.2) is 11.3 Å². The molecule has 2 heterocycles. The van der Waals surface area contributed by atoms with Gasteiger partial charge >= 0.3 is 0 Å². The van der Waals surface area contributed by atoms with Gasteiger partial charge in [-0.15, -0.1) is 0 Å². The Morgan fingerprint density at radius 1 is 1.08 bits per heavy atom. The molecule has 4 aromatic rings. The number of benzene rings is 2. The third-order valence-electron chi connectivity index (χ3n) is 4.01. The second-order valence-electron chi connectivity index (χ2n) is 5.95. The van der Waals surface area contributed by atoms with Crippen molar-refractivity contribution in [2.75, 3.05) is 5.32 Å². The summed E-state index contributed by atoms with van der Waals surface area (Å²) in [7, 11) is 0. The lowest BCUT2D eigenvalue weighted by Crippen LogP contribution is -2.11. The first-order valence-electron chi connectivity index (χ1n) is 7.93. The summed E-state index contributed by atoms with van der Waals surface area (Å²) in [4.78, 5) is 16.6. The average molecular weight is 332 g/mol. The Hall–Kier alpha value is -3.34. The van der Waals surface area contributed by atoms with Crippen LogP contribution in [0.1, 0.15) is 21.7 Å². The molecule has 25 heavy (non-hydrogen) atoms. The molecule has 5 nitrogen and oxygen atoms in total. The molecule has 0 aliphatic heterocycles. The van der Waals surface area contributed by atoms with Crippen LogP contribution >= 0.6 is 0 Å². The summed E-state index contributed by atoms with van der Waals surface area (Å²) in [6.45, 7) is 3.95. The quantitative estimate of drug-likeness (QED) is 0.576. The third-order valence-corrected chi connectivity index (χ3v) is 4.01. The average Bonchev–Trinajstić information content (AvgIpc) is 3.25. The van der Waals surface area contributed by atoms with E-state index >= 15 is 0 Å². The molecule has 0 saturated carbocycles. The van der Waals surface area contributed by atoms with E-state index in [0.717, 1.165) is 33.5 Å². The van der Waals surface area contributed by atoms with Gasteiger partial charge in [-0.2, -0.15) is 0 Å². The van der Waals surface area contributed by atoms with Gasteiger partial charge in [-0.05, 0) is 67.4 Å². The summed E-state index contributed by atoms with van der Waals surface area (Å²) in [6.07, 6.45) is 1.47. The molecular formula is C20H16N2O3. The van der Waals surface area contributed by atoms with Crippen molar-refractivity contribution in [2.24, 2.45) is 0 Å². The van der Waals surface area contributed by atoms with Crippen LogP contribution in [0.5, 0.6) is 0 Å². The highest BCUT2D eigenvalue weighted by Crippen LogP contribution is 2.28. The molecule has 1 N–H and O–H groups in total. The summed E-state index contributed by atoms with van der Waals surface area (Å²) in [6, 6.07) is 14.9. The molecule has 0 saturated heterocycles. The summed E-state index contributed by atoms with van der Waals surface area (Å²) >= 11 is 0. The van der Waals surface area contributed by atoms with Crippen molar-refractivity contribution in [2.45, 2.75) is 13.8 Å². The van der Waals surface area contributed by atoms with Crippen LogP contribution in [0.4, 0.5) is 5.69 Å². The van der Waals surface area contributed by atoms with Crippen LogP contribution in [-0.4, -0.2) is 10.9 Å². The van der Waals surface area contributed by atoms with Crippen LogP contribution in [0.2, 0.25) is 0 Å². The van der Waals surface area contributed by atoms with E-state index in [-0.39, 0.29) is 11.7 Å². The standard InChI is InChI=1S/C20H16N2O3/c1-12-5-8-17-16(10-12)22-20(25-17)14-6-7-15(13(2)11-14)21-19(23)18-4-3-9-24-18/h3-11H,1-2H3,(H,21,23). The number of aromatic nitrogens is 1. The molecule has 4 rings (SSSR count). The Bertz CT molecular complexity index is 1060. The van der Waals surface area contributed by atoms with Gasteiger partial charge in [0.2, 0.25) is 5.89 Å². The molecule has 1 amide bonds. The number of anilines is 1. The maximum absolute atomic E-state index is 12.1. The number of carbonyl (C=O) groups is 1. The first-order valence-corrected chi connectivity index (χ1v) is 7.93. The number of aryl methyl sites for hydroxylation is 2. The summed E-state index contributed by atoms with van der Waals surface area (Å²) in [5, 5.41) is 2.84. The Labute approximate surface area is 144 Å². The number of oxazole rings is 1. The summed E-state index contributed by atoms with van der Waals surface area (Å²) in [5.41, 5.74) is 5.23. The summed E-state index contributed by atoms with van der Waals surface area (Å²) < 4.78 is 10.9. The van der Waals surface area contributed by atoms with Gasteiger partial charge in [0, 0.05) is 11.3 Å². The lowest BCUT2D eigenvalue weighted by atomic mass is 10.1. The number of fused-ring (bicyclic) bond motifs is 1. The minimum atomic E-state index is -0.279. The van der Waals surface area contributed by atoms with Crippen molar-refractivity contribution >= 4 is 22.7 Å². The minimum Gasteiger partial charge on any atom is -0.459 e. The van der Waals surface area contributed by atoms with Crippen molar-refractivity contribution in [1.29, 1.82) is 0 Å². The fraction of sp³-hybridized carbons (Fsp3) is 0.100. The molecule has 0 atom stereocenters. The molecule has 0 spiro atoms. The molecule has 0 bridgehead atoms. The number of nitrogens with zero attached hydrogens (tertiary/aromatic N) is 1. The second kappa shape index (κ2) is 5.94. The molecule has 0 aliphatic rings. The van der Waals surface area contributed by atoms with Gasteiger partial charge in [0.05, 0.1) is 6.26 Å². The first kappa shape index (κ1) is 15.2. The highest BCUT2D eigenvalue weighted by atomic mass is 16.3. The largest absolute Gasteiger partial charge is 0.459 e. The van der Waals surface area contributed by atoms with Crippen LogP contribution in [0.3, 0.4) is 0 Å². The third kappa shape index (κ3) is 2.92. The van der Waals surface area contributed by atoms with Gasteiger partial charge in [0.1, 0.15) is 5.52 Å². The van der Waals surface area contributed by atoms with Gasteiger partial charge in [-0.1, -0.05) is 6.07 Å². The van der Waals surface area contributed by atoms with Gasteiger partial charge in [-0.25, -0.2) is 4.98 Å². The van der Waals surface area contributed by atoms with Crippen LogP contribution in [-0.2, 0) is 0 Å². The molecule has 0 unspecified atom stereocenters. The molecule has 0 radical (unpaired) electrons. The Kier molecular flexibility index (Phi) is 3.61. The molecule has 2 aromatic carbocycles. The predicted octanol–water partition coefficient (Wildman–Crippen LogP) is 4.96. The van der Waals surface area contributed by atoms with E-state index in [2.05, 4.69) is 10.3 Å². The second-order valence-corrected chi connectivity index (χ2v) is 5.95. The smallest absolute Gasteiger partial charge is 0.291 e. The number of furan rings is 1. The minimum absolute atomic E-state index is 0.276. The fourth-order valence-corrected chi connectivity index (χ4v) is 2.69. The van der Waals surface area contributed by atoms with Crippen molar-refractivity contribution in [3.05, 3.63) is 71.7 Å². The zero-order chi connectivity index (χ0) is 17.4. The zero-order valence-corrected chi connectivity index (χ0v) is 13.9. The van der Waals surface area contributed by atoms with E-state index in [1.165, 1.54) is 6.26 Å². The number of amides is 1. The van der Waals surface area contributed by atoms with E-state index in [1.807, 2.05) is 50.2 Å². The molecule has 2 aromatic heterocycles. The molecule has 124 valence electrons. The SMILES string of the molecule is Cc1ccc2oc(-c3ccc(NC(=O)c4ccco4)c(C)c3)nc2c1.